The van der Waals surface area contributed by atoms with Gasteiger partial charge in [-0.05, 0) is 12.8 Å². The molecule has 0 N–H and O–H groups in total. The summed E-state index contributed by atoms with van der Waals surface area (Å²) >= 11 is 0. The van der Waals surface area contributed by atoms with Gasteiger partial charge in [0.2, 0.25) is 0 Å². The first-order valence-electron chi connectivity index (χ1n) is 8.37. The topological polar surface area (TPSA) is 0 Å². The second-order valence-electron chi connectivity index (χ2n) is 5.39. The molecule has 18 heavy (non-hydrogen) atoms. The highest BCUT2D eigenvalue weighted by Gasteiger charge is 1.91. The van der Waals surface area contributed by atoms with Crippen LogP contribution in [0.15, 0.2) is 0 Å². The first-order chi connectivity index (χ1) is 8.91. The van der Waals surface area contributed by atoms with Crippen molar-refractivity contribution in [2.24, 2.45) is 0 Å². The van der Waals surface area contributed by atoms with Crippen LogP contribution in [0.4, 0.5) is 0 Å². The summed E-state index contributed by atoms with van der Waals surface area (Å²) in [6.07, 6.45) is 18.9. The molecule has 0 unspecified atom stereocenters. The molecule has 0 nitrogen and oxygen atoms in total. The van der Waals surface area contributed by atoms with Crippen molar-refractivity contribution in [3.05, 3.63) is 0 Å². The molecule has 0 saturated heterocycles. The van der Waals surface area contributed by atoms with E-state index in [2.05, 4.69) is 25.7 Å². The normalized spacial score (nSPS) is 10.1. The van der Waals surface area contributed by atoms with Crippen LogP contribution in [0.25, 0.3) is 0 Å². The van der Waals surface area contributed by atoms with Crippen LogP contribution in [0, 0.1) is 11.8 Å². The minimum Gasteiger partial charge on any atom is -0.103 e. The molecular weight excluding hydrogens is 216 g/mol. The van der Waals surface area contributed by atoms with Gasteiger partial charge < -0.3 is 0 Å². The van der Waals surface area contributed by atoms with E-state index in [1.165, 1.54) is 77.0 Å². The van der Waals surface area contributed by atoms with E-state index in [0.29, 0.717) is 0 Å². The lowest BCUT2D eigenvalue weighted by Crippen LogP contribution is -1.81. The van der Waals surface area contributed by atoms with Gasteiger partial charge in [-0.2, -0.15) is 0 Å². The lowest BCUT2D eigenvalue weighted by Gasteiger charge is -2.00. The lowest BCUT2D eigenvalue weighted by molar-refractivity contribution is 0.558. The number of hydrogen-bond acceptors (Lipinski definition) is 0. The van der Waals surface area contributed by atoms with E-state index in [1.54, 1.807) is 0 Å². The van der Waals surface area contributed by atoms with E-state index in [4.69, 9.17) is 0 Å². The van der Waals surface area contributed by atoms with Gasteiger partial charge in [0.25, 0.3) is 0 Å². The van der Waals surface area contributed by atoms with Crippen molar-refractivity contribution in [3.63, 3.8) is 0 Å². The van der Waals surface area contributed by atoms with Crippen molar-refractivity contribution in [1.29, 1.82) is 0 Å². The summed E-state index contributed by atoms with van der Waals surface area (Å²) in [5, 5.41) is 0. The number of unbranched alkanes of at least 4 members (excludes halogenated alkanes) is 12. The van der Waals surface area contributed by atoms with Crippen molar-refractivity contribution in [2.45, 2.75) is 104 Å². The molecule has 0 aliphatic rings. The zero-order valence-electron chi connectivity index (χ0n) is 12.9. The molecule has 0 heterocycles. The summed E-state index contributed by atoms with van der Waals surface area (Å²) in [6.45, 7) is 4.51. The van der Waals surface area contributed by atoms with Crippen LogP contribution in [0.1, 0.15) is 104 Å². The largest absolute Gasteiger partial charge is 0.103 e. The second-order valence-corrected chi connectivity index (χ2v) is 5.39. The number of hydrogen-bond donors (Lipinski definition) is 0. The van der Waals surface area contributed by atoms with Gasteiger partial charge in [0.15, 0.2) is 0 Å². The molecule has 0 rings (SSSR count). The first kappa shape index (κ1) is 17.6. The predicted molar refractivity (Wildman–Crippen MR) is 83.8 cm³/mol. The van der Waals surface area contributed by atoms with Crippen LogP contribution in [0.5, 0.6) is 0 Å². The Balaban J connectivity index is 3.00. The smallest absolute Gasteiger partial charge is 0.00886 e. The minimum atomic E-state index is 1.11. The van der Waals surface area contributed by atoms with Crippen LogP contribution in [-0.4, -0.2) is 0 Å². The monoisotopic (exact) mass is 250 g/mol. The molecule has 0 bridgehead atoms. The van der Waals surface area contributed by atoms with E-state index >= 15 is 0 Å². The van der Waals surface area contributed by atoms with Crippen LogP contribution >= 0.6 is 0 Å². The maximum atomic E-state index is 3.30. The highest BCUT2D eigenvalue weighted by Crippen LogP contribution is 2.10. The quantitative estimate of drug-likeness (QED) is 0.274. The number of rotatable bonds is 12. The van der Waals surface area contributed by atoms with Crippen molar-refractivity contribution in [1.82, 2.24) is 0 Å². The first-order valence-corrected chi connectivity index (χ1v) is 8.37. The van der Waals surface area contributed by atoms with Gasteiger partial charge in [-0.25, -0.2) is 0 Å². The summed E-state index contributed by atoms with van der Waals surface area (Å²) in [5.41, 5.74) is 0. The van der Waals surface area contributed by atoms with Gasteiger partial charge in [-0.3, -0.25) is 0 Å². The van der Waals surface area contributed by atoms with Gasteiger partial charge in [0.1, 0.15) is 0 Å². The summed E-state index contributed by atoms with van der Waals surface area (Å²) in [6, 6.07) is 0. The van der Waals surface area contributed by atoms with Crippen molar-refractivity contribution in [2.75, 3.05) is 0 Å². The maximum absolute atomic E-state index is 3.30. The van der Waals surface area contributed by atoms with Gasteiger partial charge >= 0.3 is 0 Å². The van der Waals surface area contributed by atoms with Crippen molar-refractivity contribution in [3.8, 4) is 11.8 Å². The summed E-state index contributed by atoms with van der Waals surface area (Å²) < 4.78 is 0. The fourth-order valence-corrected chi connectivity index (χ4v) is 2.14. The Morgan fingerprint density at radius 1 is 0.444 bits per heavy atom. The Morgan fingerprint density at radius 3 is 1.33 bits per heavy atom. The van der Waals surface area contributed by atoms with Gasteiger partial charge in [0.05, 0.1) is 0 Å². The van der Waals surface area contributed by atoms with E-state index in [0.717, 1.165) is 12.8 Å². The molecule has 0 aliphatic heterocycles. The van der Waals surface area contributed by atoms with Gasteiger partial charge in [0, 0.05) is 12.8 Å². The Labute approximate surface area is 116 Å². The fraction of sp³-hybridized carbons (Fsp3) is 0.889. The molecule has 0 spiro atoms. The summed E-state index contributed by atoms with van der Waals surface area (Å²) in [7, 11) is 0. The molecule has 0 atom stereocenters. The zero-order valence-corrected chi connectivity index (χ0v) is 12.9. The van der Waals surface area contributed by atoms with E-state index in [9.17, 15) is 0 Å². The molecule has 0 aromatic heterocycles. The molecule has 106 valence electrons. The third-order valence-electron chi connectivity index (χ3n) is 3.44. The molecule has 0 amide bonds. The fourth-order valence-electron chi connectivity index (χ4n) is 2.14. The second kappa shape index (κ2) is 16.6. The summed E-state index contributed by atoms with van der Waals surface area (Å²) in [5.74, 6) is 6.56. The zero-order chi connectivity index (χ0) is 13.3. The molecule has 0 saturated carbocycles. The highest BCUT2D eigenvalue weighted by molar-refractivity contribution is 4.98. The molecule has 0 heteroatoms. The SMILES string of the molecule is CCCCC#CCCCCCCCCCCCC. The highest BCUT2D eigenvalue weighted by atomic mass is 14.0. The Morgan fingerprint density at radius 2 is 0.833 bits per heavy atom. The van der Waals surface area contributed by atoms with E-state index in [1.807, 2.05) is 0 Å². The third kappa shape index (κ3) is 15.6. The maximum Gasteiger partial charge on any atom is 0.00886 e. The third-order valence-corrected chi connectivity index (χ3v) is 3.44. The van der Waals surface area contributed by atoms with Crippen molar-refractivity contribution >= 4 is 0 Å². The van der Waals surface area contributed by atoms with Crippen LogP contribution in [0.3, 0.4) is 0 Å². The van der Waals surface area contributed by atoms with Crippen LogP contribution < -0.4 is 0 Å². The van der Waals surface area contributed by atoms with Gasteiger partial charge in [-0.1, -0.05) is 78.1 Å². The average molecular weight is 250 g/mol. The molecule has 0 fully saturated rings. The van der Waals surface area contributed by atoms with E-state index in [-0.39, 0.29) is 0 Å². The Hall–Kier alpha value is -0.440. The van der Waals surface area contributed by atoms with E-state index < -0.39 is 0 Å². The predicted octanol–water partition coefficient (Wildman–Crippen LogP) is 6.49. The Bertz CT molecular complexity index is 194. The molecule has 0 radical (unpaired) electrons. The molecule has 0 aromatic rings. The lowest BCUT2D eigenvalue weighted by atomic mass is 10.1. The molecule has 0 aliphatic carbocycles. The van der Waals surface area contributed by atoms with Crippen LogP contribution in [-0.2, 0) is 0 Å². The minimum absolute atomic E-state index is 1.11. The van der Waals surface area contributed by atoms with Crippen molar-refractivity contribution < 1.29 is 0 Å². The van der Waals surface area contributed by atoms with Gasteiger partial charge in [-0.15, -0.1) is 11.8 Å². The molecular formula is C18H34. The standard InChI is InChI=1S/C18H34/c1-3-5-7-9-11-13-15-17-18-16-14-12-10-8-6-4-2/h3-9,11,13-18H2,1-2H3. The Kier molecular flexibility index (Phi) is 16.2. The van der Waals surface area contributed by atoms with Crippen LogP contribution in [0.2, 0.25) is 0 Å². The molecule has 0 aromatic carbocycles. The average Bonchev–Trinajstić information content (AvgIpc) is 2.39. The summed E-state index contributed by atoms with van der Waals surface area (Å²) in [4.78, 5) is 0.